The van der Waals surface area contributed by atoms with Crippen LogP contribution in [0.4, 0.5) is 0 Å². The lowest BCUT2D eigenvalue weighted by molar-refractivity contribution is 0.0904. The average Bonchev–Trinajstić information content (AvgIpc) is 2.46. The molecule has 3 nitrogen and oxygen atoms in total. The Morgan fingerprint density at radius 3 is 2.16 bits per heavy atom. The maximum atomic E-state index is 11.8. The van der Waals surface area contributed by atoms with Crippen LogP contribution in [0.5, 0.6) is 0 Å². The van der Waals surface area contributed by atoms with Crippen LogP contribution in [-0.2, 0) is 0 Å². The van der Waals surface area contributed by atoms with Crippen LogP contribution in [0.2, 0.25) is 0 Å². The largest absolute Gasteiger partial charge is 0.345 e. The summed E-state index contributed by atoms with van der Waals surface area (Å²) >= 11 is 2.17. The molecule has 0 aromatic heterocycles. The number of hydrogen-bond acceptors (Lipinski definition) is 2. The standard InChI is InChI=1S/C15H12INO2/c16-13-8-6-12(7-9-13)15(19)17-10-14(18)11-4-2-1-3-5-11/h1-9H,10H2,(H,17,19). The number of rotatable bonds is 4. The summed E-state index contributed by atoms with van der Waals surface area (Å²) in [4.78, 5) is 23.6. The zero-order valence-corrected chi connectivity index (χ0v) is 12.3. The van der Waals surface area contributed by atoms with E-state index in [4.69, 9.17) is 0 Å². The fraction of sp³-hybridized carbons (Fsp3) is 0.0667. The summed E-state index contributed by atoms with van der Waals surface area (Å²) in [6.07, 6.45) is 0. The molecule has 2 aromatic rings. The highest BCUT2D eigenvalue weighted by Gasteiger charge is 2.09. The maximum Gasteiger partial charge on any atom is 0.251 e. The number of halogens is 1. The molecular formula is C15H12INO2. The Bertz CT molecular complexity index is 579. The second-order valence-electron chi connectivity index (χ2n) is 3.98. The van der Waals surface area contributed by atoms with Gasteiger partial charge in [-0.3, -0.25) is 9.59 Å². The molecule has 0 spiro atoms. The highest BCUT2D eigenvalue weighted by molar-refractivity contribution is 14.1. The Hall–Kier alpha value is -1.69. The molecule has 2 rings (SSSR count). The van der Waals surface area contributed by atoms with Crippen molar-refractivity contribution >= 4 is 34.3 Å². The summed E-state index contributed by atoms with van der Waals surface area (Å²) in [5, 5.41) is 2.63. The minimum absolute atomic E-state index is 0.00876. The molecule has 0 heterocycles. The SMILES string of the molecule is O=C(CNC(=O)c1ccc(I)cc1)c1ccccc1. The highest BCUT2D eigenvalue weighted by atomic mass is 127. The van der Waals surface area contributed by atoms with E-state index >= 15 is 0 Å². The monoisotopic (exact) mass is 365 g/mol. The maximum absolute atomic E-state index is 11.8. The van der Waals surface area contributed by atoms with Gasteiger partial charge in [-0.25, -0.2) is 0 Å². The number of Topliss-reactive ketones (excluding diaryl/α,β-unsaturated/α-hetero) is 1. The van der Waals surface area contributed by atoms with Crippen molar-refractivity contribution < 1.29 is 9.59 Å². The van der Waals surface area contributed by atoms with Crippen molar-refractivity contribution in [3.8, 4) is 0 Å². The summed E-state index contributed by atoms with van der Waals surface area (Å²) < 4.78 is 1.06. The van der Waals surface area contributed by atoms with E-state index in [9.17, 15) is 9.59 Å². The van der Waals surface area contributed by atoms with Gasteiger partial charge in [0.25, 0.3) is 5.91 Å². The van der Waals surface area contributed by atoms with Gasteiger partial charge in [-0.05, 0) is 46.9 Å². The van der Waals surface area contributed by atoms with Crippen LogP contribution in [0.3, 0.4) is 0 Å². The van der Waals surface area contributed by atoms with Gasteiger partial charge in [0.05, 0.1) is 6.54 Å². The number of carbonyl (C=O) groups is 2. The van der Waals surface area contributed by atoms with Crippen LogP contribution in [-0.4, -0.2) is 18.2 Å². The number of nitrogens with one attached hydrogen (secondary N) is 1. The number of hydrogen-bond donors (Lipinski definition) is 1. The molecule has 0 bridgehead atoms. The number of amides is 1. The molecule has 0 radical (unpaired) electrons. The molecule has 0 saturated carbocycles. The summed E-state index contributed by atoms with van der Waals surface area (Å²) in [5.41, 5.74) is 1.16. The summed E-state index contributed by atoms with van der Waals surface area (Å²) in [6, 6.07) is 16.1. The molecular weight excluding hydrogens is 353 g/mol. The third kappa shape index (κ3) is 3.89. The Morgan fingerprint density at radius 2 is 1.53 bits per heavy atom. The highest BCUT2D eigenvalue weighted by Crippen LogP contribution is 2.06. The third-order valence-electron chi connectivity index (χ3n) is 2.61. The molecule has 0 atom stereocenters. The van der Waals surface area contributed by atoms with E-state index in [0.717, 1.165) is 3.57 Å². The van der Waals surface area contributed by atoms with Crippen molar-refractivity contribution in [3.05, 3.63) is 69.3 Å². The first-order valence-corrected chi connectivity index (χ1v) is 6.87. The molecule has 1 amide bonds. The van der Waals surface area contributed by atoms with Crippen LogP contribution in [0, 0.1) is 3.57 Å². The summed E-state index contributed by atoms with van der Waals surface area (Å²) in [7, 11) is 0. The van der Waals surface area contributed by atoms with Crippen molar-refractivity contribution in [2.24, 2.45) is 0 Å². The van der Waals surface area contributed by atoms with E-state index in [-0.39, 0.29) is 18.2 Å². The van der Waals surface area contributed by atoms with Gasteiger partial charge in [-0.15, -0.1) is 0 Å². The molecule has 0 aliphatic rings. The minimum atomic E-state index is -0.235. The Morgan fingerprint density at radius 1 is 0.895 bits per heavy atom. The molecule has 2 aromatic carbocycles. The lowest BCUT2D eigenvalue weighted by atomic mass is 10.1. The van der Waals surface area contributed by atoms with Gasteiger partial charge in [0, 0.05) is 14.7 Å². The number of benzene rings is 2. The molecule has 0 unspecified atom stereocenters. The minimum Gasteiger partial charge on any atom is -0.345 e. The smallest absolute Gasteiger partial charge is 0.251 e. The second-order valence-corrected chi connectivity index (χ2v) is 5.22. The van der Waals surface area contributed by atoms with E-state index in [1.54, 1.807) is 36.4 Å². The van der Waals surface area contributed by atoms with Gasteiger partial charge in [0.15, 0.2) is 5.78 Å². The Labute approximate surface area is 125 Å². The lowest BCUT2D eigenvalue weighted by Crippen LogP contribution is -2.29. The van der Waals surface area contributed by atoms with Crippen LogP contribution < -0.4 is 5.32 Å². The number of ketones is 1. The average molecular weight is 365 g/mol. The number of carbonyl (C=O) groups excluding carboxylic acids is 2. The van der Waals surface area contributed by atoms with Crippen LogP contribution in [0.1, 0.15) is 20.7 Å². The van der Waals surface area contributed by atoms with Crippen molar-refractivity contribution in [2.75, 3.05) is 6.54 Å². The first-order valence-electron chi connectivity index (χ1n) is 5.79. The van der Waals surface area contributed by atoms with Crippen molar-refractivity contribution in [3.63, 3.8) is 0 Å². The molecule has 0 aliphatic heterocycles. The van der Waals surface area contributed by atoms with Crippen LogP contribution in [0.25, 0.3) is 0 Å². The van der Waals surface area contributed by atoms with Gasteiger partial charge in [-0.2, -0.15) is 0 Å². The van der Waals surface area contributed by atoms with Gasteiger partial charge in [0.2, 0.25) is 0 Å². The van der Waals surface area contributed by atoms with Gasteiger partial charge >= 0.3 is 0 Å². The van der Waals surface area contributed by atoms with E-state index in [2.05, 4.69) is 27.9 Å². The van der Waals surface area contributed by atoms with Crippen molar-refractivity contribution in [2.45, 2.75) is 0 Å². The van der Waals surface area contributed by atoms with E-state index in [1.165, 1.54) is 0 Å². The Balaban J connectivity index is 1.94. The quantitative estimate of drug-likeness (QED) is 0.669. The molecule has 0 saturated heterocycles. The van der Waals surface area contributed by atoms with Crippen molar-refractivity contribution in [1.82, 2.24) is 5.32 Å². The molecule has 0 aliphatic carbocycles. The normalized spacial score (nSPS) is 9.95. The van der Waals surface area contributed by atoms with E-state index in [0.29, 0.717) is 11.1 Å². The zero-order chi connectivity index (χ0) is 13.7. The predicted octanol–water partition coefficient (Wildman–Crippen LogP) is 2.90. The predicted molar refractivity (Wildman–Crippen MR) is 82.3 cm³/mol. The molecule has 96 valence electrons. The summed E-state index contributed by atoms with van der Waals surface area (Å²) in [5.74, 6) is -0.333. The van der Waals surface area contributed by atoms with Gasteiger partial charge in [0.1, 0.15) is 0 Å². The van der Waals surface area contributed by atoms with Gasteiger partial charge < -0.3 is 5.32 Å². The van der Waals surface area contributed by atoms with Crippen LogP contribution >= 0.6 is 22.6 Å². The van der Waals surface area contributed by atoms with E-state index < -0.39 is 0 Å². The van der Waals surface area contributed by atoms with Crippen molar-refractivity contribution in [1.29, 1.82) is 0 Å². The fourth-order valence-corrected chi connectivity index (χ4v) is 1.95. The second kappa shape index (κ2) is 6.47. The lowest BCUT2D eigenvalue weighted by Gasteiger charge is -2.05. The molecule has 0 fully saturated rings. The third-order valence-corrected chi connectivity index (χ3v) is 3.33. The zero-order valence-electron chi connectivity index (χ0n) is 10.1. The molecule has 1 N–H and O–H groups in total. The van der Waals surface area contributed by atoms with Crippen LogP contribution in [0.15, 0.2) is 54.6 Å². The topological polar surface area (TPSA) is 46.2 Å². The first kappa shape index (κ1) is 13.7. The summed E-state index contributed by atoms with van der Waals surface area (Å²) in [6.45, 7) is 0.00876. The Kier molecular flexibility index (Phi) is 4.68. The van der Waals surface area contributed by atoms with E-state index in [1.807, 2.05) is 18.2 Å². The molecule has 19 heavy (non-hydrogen) atoms. The first-order chi connectivity index (χ1) is 9.16. The molecule has 4 heteroatoms. The fourth-order valence-electron chi connectivity index (χ4n) is 1.59. The van der Waals surface area contributed by atoms with Gasteiger partial charge in [-0.1, -0.05) is 30.3 Å².